The van der Waals surface area contributed by atoms with Crippen LogP contribution in [0.5, 0.6) is 5.75 Å². The van der Waals surface area contributed by atoms with E-state index in [2.05, 4.69) is 18.2 Å². The summed E-state index contributed by atoms with van der Waals surface area (Å²) in [6.45, 7) is 2.28. The summed E-state index contributed by atoms with van der Waals surface area (Å²) < 4.78 is 9.97. The Morgan fingerprint density at radius 2 is 1.84 bits per heavy atom. The van der Waals surface area contributed by atoms with E-state index < -0.39 is 0 Å². The van der Waals surface area contributed by atoms with Crippen molar-refractivity contribution < 1.29 is 14.3 Å². The third-order valence-corrected chi connectivity index (χ3v) is 2.75. The second-order valence-corrected chi connectivity index (χ2v) is 4.20. The van der Waals surface area contributed by atoms with Gasteiger partial charge in [0.15, 0.2) is 0 Å². The number of hydrogen-bond acceptors (Lipinski definition) is 3. The van der Waals surface area contributed by atoms with Gasteiger partial charge in [-0.3, -0.25) is 4.79 Å². The first-order chi connectivity index (χ1) is 9.26. The molecule has 1 aromatic carbocycles. The van der Waals surface area contributed by atoms with Crippen molar-refractivity contribution in [3.63, 3.8) is 0 Å². The SMILES string of the molecule is CCOC(=O)CCC=CCCc1ccc(OC)cc1. The summed E-state index contributed by atoms with van der Waals surface area (Å²) >= 11 is 0. The fourth-order valence-electron chi connectivity index (χ4n) is 1.71. The molecule has 0 atom stereocenters. The third kappa shape index (κ3) is 6.65. The largest absolute Gasteiger partial charge is 0.497 e. The molecule has 0 fully saturated rings. The predicted octanol–water partition coefficient (Wildman–Crippen LogP) is 3.53. The molecular weight excluding hydrogens is 240 g/mol. The molecule has 0 radical (unpaired) electrons. The number of esters is 1. The van der Waals surface area contributed by atoms with Crippen molar-refractivity contribution in [2.24, 2.45) is 0 Å². The van der Waals surface area contributed by atoms with Gasteiger partial charge < -0.3 is 9.47 Å². The minimum absolute atomic E-state index is 0.123. The molecule has 0 N–H and O–H groups in total. The van der Waals surface area contributed by atoms with Gasteiger partial charge in [-0.15, -0.1) is 0 Å². The minimum Gasteiger partial charge on any atom is -0.497 e. The number of benzene rings is 1. The molecule has 3 heteroatoms. The normalized spacial score (nSPS) is 10.6. The summed E-state index contributed by atoms with van der Waals surface area (Å²) in [5.41, 5.74) is 1.29. The number of carbonyl (C=O) groups excluding carboxylic acids is 1. The number of allylic oxidation sites excluding steroid dienone is 2. The molecule has 19 heavy (non-hydrogen) atoms. The van der Waals surface area contributed by atoms with Gasteiger partial charge in [0.05, 0.1) is 13.7 Å². The van der Waals surface area contributed by atoms with Gasteiger partial charge >= 0.3 is 5.97 Å². The molecule has 0 saturated carbocycles. The maximum atomic E-state index is 11.1. The summed E-state index contributed by atoms with van der Waals surface area (Å²) in [4.78, 5) is 11.1. The highest BCUT2D eigenvalue weighted by molar-refractivity contribution is 5.69. The Kier molecular flexibility index (Phi) is 7.40. The molecule has 0 amide bonds. The molecule has 0 heterocycles. The predicted molar refractivity (Wildman–Crippen MR) is 76.3 cm³/mol. The molecule has 0 bridgehead atoms. The summed E-state index contributed by atoms with van der Waals surface area (Å²) in [6, 6.07) is 8.09. The van der Waals surface area contributed by atoms with Crippen molar-refractivity contribution in [1.29, 1.82) is 0 Å². The third-order valence-electron chi connectivity index (χ3n) is 2.75. The van der Waals surface area contributed by atoms with Gasteiger partial charge in [-0.25, -0.2) is 0 Å². The van der Waals surface area contributed by atoms with Crippen LogP contribution in [0.25, 0.3) is 0 Å². The zero-order chi connectivity index (χ0) is 13.9. The van der Waals surface area contributed by atoms with Crippen LogP contribution in [-0.4, -0.2) is 19.7 Å². The maximum absolute atomic E-state index is 11.1. The topological polar surface area (TPSA) is 35.5 Å². The molecule has 0 spiro atoms. The first-order valence-electron chi connectivity index (χ1n) is 6.69. The zero-order valence-corrected chi connectivity index (χ0v) is 11.7. The average molecular weight is 262 g/mol. The molecule has 1 aromatic rings. The summed E-state index contributed by atoms with van der Waals surface area (Å²) in [5.74, 6) is 0.760. The first kappa shape index (κ1) is 15.3. The molecule has 0 unspecified atom stereocenters. The van der Waals surface area contributed by atoms with E-state index in [0.717, 1.165) is 25.0 Å². The van der Waals surface area contributed by atoms with Crippen molar-refractivity contribution in [3.05, 3.63) is 42.0 Å². The Morgan fingerprint density at radius 3 is 2.47 bits per heavy atom. The Balaban J connectivity index is 2.17. The molecule has 3 nitrogen and oxygen atoms in total. The average Bonchev–Trinajstić information content (AvgIpc) is 2.43. The maximum Gasteiger partial charge on any atom is 0.306 e. The highest BCUT2D eigenvalue weighted by Crippen LogP contribution is 2.12. The number of carbonyl (C=O) groups is 1. The lowest BCUT2D eigenvalue weighted by atomic mass is 10.1. The summed E-state index contributed by atoms with van der Waals surface area (Å²) in [6.07, 6.45) is 7.35. The van der Waals surface area contributed by atoms with Crippen LogP contribution in [0.1, 0.15) is 31.7 Å². The minimum atomic E-state index is -0.123. The summed E-state index contributed by atoms with van der Waals surface area (Å²) in [7, 11) is 1.67. The number of ether oxygens (including phenoxy) is 2. The van der Waals surface area contributed by atoms with Crippen LogP contribution in [0.3, 0.4) is 0 Å². The monoisotopic (exact) mass is 262 g/mol. The van der Waals surface area contributed by atoms with Crippen LogP contribution in [0.4, 0.5) is 0 Å². The first-order valence-corrected chi connectivity index (χ1v) is 6.69. The van der Waals surface area contributed by atoms with Crippen molar-refractivity contribution in [2.45, 2.75) is 32.6 Å². The zero-order valence-electron chi connectivity index (χ0n) is 11.7. The highest BCUT2D eigenvalue weighted by atomic mass is 16.5. The highest BCUT2D eigenvalue weighted by Gasteiger charge is 1.98. The molecule has 104 valence electrons. The van der Waals surface area contributed by atoms with Gasteiger partial charge in [0.2, 0.25) is 0 Å². The van der Waals surface area contributed by atoms with E-state index in [1.165, 1.54) is 5.56 Å². The van der Waals surface area contributed by atoms with E-state index in [4.69, 9.17) is 9.47 Å². The number of aryl methyl sites for hydroxylation is 1. The van der Waals surface area contributed by atoms with E-state index in [1.807, 2.05) is 25.1 Å². The molecule has 0 aliphatic rings. The smallest absolute Gasteiger partial charge is 0.306 e. The Morgan fingerprint density at radius 1 is 1.16 bits per heavy atom. The van der Waals surface area contributed by atoms with Crippen LogP contribution < -0.4 is 4.74 Å². The van der Waals surface area contributed by atoms with Gasteiger partial charge in [-0.05, 0) is 43.9 Å². The lowest BCUT2D eigenvalue weighted by molar-refractivity contribution is -0.142. The second kappa shape index (κ2) is 9.20. The second-order valence-electron chi connectivity index (χ2n) is 4.20. The molecule has 0 aliphatic heterocycles. The van der Waals surface area contributed by atoms with Gasteiger partial charge in [0.1, 0.15) is 5.75 Å². The van der Waals surface area contributed by atoms with Crippen molar-refractivity contribution >= 4 is 5.97 Å². The number of rotatable bonds is 8. The van der Waals surface area contributed by atoms with Gasteiger partial charge in [-0.2, -0.15) is 0 Å². The summed E-state index contributed by atoms with van der Waals surface area (Å²) in [5, 5.41) is 0. The van der Waals surface area contributed by atoms with Crippen LogP contribution >= 0.6 is 0 Å². The van der Waals surface area contributed by atoms with Gasteiger partial charge in [0.25, 0.3) is 0 Å². The molecule has 0 aliphatic carbocycles. The van der Waals surface area contributed by atoms with Gasteiger partial charge in [-0.1, -0.05) is 24.3 Å². The lowest BCUT2D eigenvalue weighted by Gasteiger charge is -2.01. The van der Waals surface area contributed by atoms with E-state index >= 15 is 0 Å². The molecule has 0 aromatic heterocycles. The fraction of sp³-hybridized carbons (Fsp3) is 0.438. The van der Waals surface area contributed by atoms with E-state index in [0.29, 0.717) is 13.0 Å². The number of hydrogen-bond donors (Lipinski definition) is 0. The van der Waals surface area contributed by atoms with Crippen molar-refractivity contribution in [2.75, 3.05) is 13.7 Å². The lowest BCUT2D eigenvalue weighted by Crippen LogP contribution is -2.02. The number of methoxy groups -OCH3 is 1. The van der Waals surface area contributed by atoms with E-state index in [9.17, 15) is 4.79 Å². The van der Waals surface area contributed by atoms with E-state index in [1.54, 1.807) is 7.11 Å². The molecule has 1 rings (SSSR count). The Bertz CT molecular complexity index is 393. The van der Waals surface area contributed by atoms with Gasteiger partial charge in [0, 0.05) is 6.42 Å². The standard InChI is InChI=1S/C16H22O3/c1-3-19-16(17)9-7-5-4-6-8-14-10-12-15(18-2)13-11-14/h4-5,10-13H,3,6-9H2,1-2H3. The molecule has 0 saturated heterocycles. The van der Waals surface area contributed by atoms with Crippen LogP contribution in [0.15, 0.2) is 36.4 Å². The molecular formula is C16H22O3. The van der Waals surface area contributed by atoms with Crippen LogP contribution in [-0.2, 0) is 16.0 Å². The Labute approximate surface area is 115 Å². The van der Waals surface area contributed by atoms with Crippen LogP contribution in [0.2, 0.25) is 0 Å². The quantitative estimate of drug-likeness (QED) is 0.531. The fourth-order valence-corrected chi connectivity index (χ4v) is 1.71. The van der Waals surface area contributed by atoms with Crippen molar-refractivity contribution in [3.8, 4) is 5.75 Å². The van der Waals surface area contributed by atoms with E-state index in [-0.39, 0.29) is 5.97 Å². The Hall–Kier alpha value is -1.77. The van der Waals surface area contributed by atoms with Crippen LogP contribution in [0, 0.1) is 0 Å². The van der Waals surface area contributed by atoms with Crippen molar-refractivity contribution in [1.82, 2.24) is 0 Å².